The second kappa shape index (κ2) is 5.36. The number of nitrogens with two attached hydrogens (primary N) is 1. The molecule has 82 valence electrons. The van der Waals surface area contributed by atoms with Crippen LogP contribution < -0.4 is 11.3 Å². The van der Waals surface area contributed by atoms with Gasteiger partial charge in [0.2, 0.25) is 5.91 Å². The van der Waals surface area contributed by atoms with Gasteiger partial charge in [-0.2, -0.15) is 0 Å². The molecule has 4 N–H and O–H groups in total. The Bertz CT molecular complexity index is 322. The van der Waals surface area contributed by atoms with Gasteiger partial charge in [-0.15, -0.1) is 0 Å². The molecule has 0 aliphatic rings. The Labute approximate surface area is 89.1 Å². The zero-order valence-corrected chi connectivity index (χ0v) is 8.73. The minimum atomic E-state index is -0.236. The van der Waals surface area contributed by atoms with Crippen molar-refractivity contribution in [2.24, 2.45) is 5.84 Å². The number of amides is 1. The van der Waals surface area contributed by atoms with Gasteiger partial charge >= 0.3 is 0 Å². The van der Waals surface area contributed by atoms with Crippen LogP contribution >= 0.6 is 0 Å². The standard InChI is InChI=1S/C11H16N2O2/c1-2-3-10(11(15)13-12)8-4-6-9(14)7-5-8/h4-7,10,14H,2-3,12H2,1H3,(H,13,15). The van der Waals surface area contributed by atoms with Crippen molar-refractivity contribution in [1.29, 1.82) is 0 Å². The number of rotatable bonds is 4. The zero-order valence-electron chi connectivity index (χ0n) is 8.73. The number of phenols is 1. The number of carbonyl (C=O) groups is 1. The monoisotopic (exact) mass is 208 g/mol. The summed E-state index contributed by atoms with van der Waals surface area (Å²) in [6, 6.07) is 6.62. The maximum atomic E-state index is 11.5. The second-order valence-corrected chi connectivity index (χ2v) is 3.44. The van der Waals surface area contributed by atoms with Crippen LogP contribution in [0, 0.1) is 0 Å². The Hall–Kier alpha value is -1.55. The highest BCUT2D eigenvalue weighted by atomic mass is 16.3. The number of benzene rings is 1. The van der Waals surface area contributed by atoms with Gasteiger partial charge in [-0.05, 0) is 24.1 Å². The summed E-state index contributed by atoms with van der Waals surface area (Å²) in [6.07, 6.45) is 1.65. The normalized spacial score (nSPS) is 12.1. The molecule has 0 bridgehead atoms. The summed E-state index contributed by atoms with van der Waals surface area (Å²) in [5.41, 5.74) is 3.03. The molecule has 15 heavy (non-hydrogen) atoms. The lowest BCUT2D eigenvalue weighted by Crippen LogP contribution is -2.34. The number of hydrogen-bond acceptors (Lipinski definition) is 3. The highest BCUT2D eigenvalue weighted by Gasteiger charge is 2.18. The first-order valence-electron chi connectivity index (χ1n) is 4.98. The van der Waals surface area contributed by atoms with E-state index in [9.17, 15) is 4.79 Å². The minimum absolute atomic E-state index is 0.192. The van der Waals surface area contributed by atoms with Crippen molar-refractivity contribution in [3.63, 3.8) is 0 Å². The van der Waals surface area contributed by atoms with Crippen molar-refractivity contribution in [2.75, 3.05) is 0 Å². The van der Waals surface area contributed by atoms with Gasteiger partial charge in [0, 0.05) is 0 Å². The molecule has 1 unspecified atom stereocenters. The number of carbonyl (C=O) groups excluding carboxylic acids is 1. The van der Waals surface area contributed by atoms with E-state index in [1.165, 1.54) is 0 Å². The van der Waals surface area contributed by atoms with Crippen LogP contribution in [0.15, 0.2) is 24.3 Å². The third-order valence-corrected chi connectivity index (χ3v) is 2.33. The SMILES string of the molecule is CCCC(C(=O)NN)c1ccc(O)cc1. The molecule has 4 nitrogen and oxygen atoms in total. The van der Waals surface area contributed by atoms with Crippen LogP contribution in [0.5, 0.6) is 5.75 Å². The lowest BCUT2D eigenvalue weighted by atomic mass is 9.94. The molecule has 0 heterocycles. The third-order valence-electron chi connectivity index (χ3n) is 2.33. The molecule has 0 saturated carbocycles. The van der Waals surface area contributed by atoms with Crippen molar-refractivity contribution in [3.05, 3.63) is 29.8 Å². The summed E-state index contributed by atoms with van der Waals surface area (Å²) in [4.78, 5) is 11.5. The van der Waals surface area contributed by atoms with Crippen molar-refractivity contribution in [2.45, 2.75) is 25.7 Å². The van der Waals surface area contributed by atoms with Gasteiger partial charge in [-0.25, -0.2) is 5.84 Å². The molecule has 4 heteroatoms. The number of phenolic OH excluding ortho intramolecular Hbond substituents is 1. The van der Waals surface area contributed by atoms with Crippen molar-refractivity contribution in [1.82, 2.24) is 5.43 Å². The number of aromatic hydroxyl groups is 1. The second-order valence-electron chi connectivity index (χ2n) is 3.44. The molecule has 1 aromatic rings. The number of nitrogens with one attached hydrogen (secondary N) is 1. The van der Waals surface area contributed by atoms with Crippen molar-refractivity contribution >= 4 is 5.91 Å². The third kappa shape index (κ3) is 2.95. The molecular weight excluding hydrogens is 192 g/mol. The minimum Gasteiger partial charge on any atom is -0.508 e. The number of hydrazine groups is 1. The van der Waals surface area contributed by atoms with E-state index in [-0.39, 0.29) is 17.6 Å². The van der Waals surface area contributed by atoms with Crippen LogP contribution in [0.3, 0.4) is 0 Å². The Morgan fingerprint density at radius 2 is 2.07 bits per heavy atom. The van der Waals surface area contributed by atoms with E-state index < -0.39 is 0 Å². The van der Waals surface area contributed by atoms with Crippen LogP contribution in [0.1, 0.15) is 31.2 Å². The maximum Gasteiger partial charge on any atom is 0.241 e. The van der Waals surface area contributed by atoms with Crippen LogP contribution in [0.4, 0.5) is 0 Å². The molecule has 0 aliphatic carbocycles. The molecule has 0 radical (unpaired) electrons. The van der Waals surface area contributed by atoms with Crippen molar-refractivity contribution in [3.8, 4) is 5.75 Å². The van der Waals surface area contributed by atoms with E-state index in [2.05, 4.69) is 5.43 Å². The average molecular weight is 208 g/mol. The van der Waals surface area contributed by atoms with E-state index in [1.54, 1.807) is 24.3 Å². The number of hydrogen-bond donors (Lipinski definition) is 3. The summed E-state index contributed by atoms with van der Waals surface area (Å²) in [5.74, 6) is 4.89. The van der Waals surface area contributed by atoms with Crippen molar-refractivity contribution < 1.29 is 9.90 Å². The molecule has 1 amide bonds. The van der Waals surface area contributed by atoms with E-state index in [0.29, 0.717) is 0 Å². The quantitative estimate of drug-likeness (QED) is 0.396. The molecular formula is C11H16N2O2. The fourth-order valence-electron chi connectivity index (χ4n) is 1.55. The zero-order chi connectivity index (χ0) is 11.3. The molecule has 1 rings (SSSR count). The van der Waals surface area contributed by atoms with Crippen LogP contribution in [-0.2, 0) is 4.79 Å². The molecule has 0 saturated heterocycles. The van der Waals surface area contributed by atoms with E-state index in [1.807, 2.05) is 6.92 Å². The molecule has 0 spiro atoms. The maximum absolute atomic E-state index is 11.5. The summed E-state index contributed by atoms with van der Waals surface area (Å²) < 4.78 is 0. The Balaban J connectivity index is 2.88. The molecule has 0 fully saturated rings. The Kier molecular flexibility index (Phi) is 4.12. The van der Waals surface area contributed by atoms with Gasteiger partial charge in [0.15, 0.2) is 0 Å². The smallest absolute Gasteiger partial charge is 0.241 e. The van der Waals surface area contributed by atoms with Gasteiger partial charge < -0.3 is 5.11 Å². The van der Waals surface area contributed by atoms with Crippen LogP contribution in [0.25, 0.3) is 0 Å². The summed E-state index contributed by atoms with van der Waals surface area (Å²) >= 11 is 0. The van der Waals surface area contributed by atoms with E-state index >= 15 is 0 Å². The lowest BCUT2D eigenvalue weighted by Gasteiger charge is -2.14. The predicted molar refractivity (Wildman–Crippen MR) is 58.1 cm³/mol. The summed E-state index contributed by atoms with van der Waals surface area (Å²) in [7, 11) is 0. The van der Waals surface area contributed by atoms with Crippen LogP contribution in [0.2, 0.25) is 0 Å². The fourth-order valence-corrected chi connectivity index (χ4v) is 1.55. The highest BCUT2D eigenvalue weighted by Crippen LogP contribution is 2.23. The van der Waals surface area contributed by atoms with Gasteiger partial charge in [0.25, 0.3) is 0 Å². The lowest BCUT2D eigenvalue weighted by molar-refractivity contribution is -0.122. The first-order valence-corrected chi connectivity index (χ1v) is 4.98. The largest absolute Gasteiger partial charge is 0.508 e. The van der Waals surface area contributed by atoms with Gasteiger partial charge in [-0.3, -0.25) is 10.2 Å². The highest BCUT2D eigenvalue weighted by molar-refractivity contribution is 5.83. The van der Waals surface area contributed by atoms with Gasteiger partial charge in [-0.1, -0.05) is 25.5 Å². The first-order chi connectivity index (χ1) is 7.19. The fraction of sp³-hybridized carbons (Fsp3) is 0.364. The average Bonchev–Trinajstić information content (AvgIpc) is 2.26. The topological polar surface area (TPSA) is 75.4 Å². The molecule has 1 atom stereocenters. The van der Waals surface area contributed by atoms with Gasteiger partial charge in [0.05, 0.1) is 5.92 Å². The van der Waals surface area contributed by atoms with E-state index in [0.717, 1.165) is 18.4 Å². The van der Waals surface area contributed by atoms with E-state index in [4.69, 9.17) is 10.9 Å². The molecule has 0 aromatic heterocycles. The molecule has 1 aromatic carbocycles. The summed E-state index contributed by atoms with van der Waals surface area (Å²) in [6.45, 7) is 2.01. The Morgan fingerprint density at radius 1 is 1.47 bits per heavy atom. The summed E-state index contributed by atoms with van der Waals surface area (Å²) in [5, 5.41) is 9.14. The van der Waals surface area contributed by atoms with Crippen LogP contribution in [-0.4, -0.2) is 11.0 Å². The predicted octanol–water partition coefficient (Wildman–Crippen LogP) is 1.27. The van der Waals surface area contributed by atoms with Gasteiger partial charge in [0.1, 0.15) is 5.75 Å². The molecule has 0 aliphatic heterocycles. The Morgan fingerprint density at radius 3 is 2.53 bits per heavy atom. The first kappa shape index (κ1) is 11.5.